The molecule has 0 aromatic carbocycles. The molecular weight excluding hydrogens is 342 g/mol. The first-order valence-corrected chi connectivity index (χ1v) is 8.04. The molecular formula is C14H18BrNO3S. The molecule has 0 spiro atoms. The van der Waals surface area contributed by atoms with Crippen molar-refractivity contribution >= 4 is 39.1 Å². The summed E-state index contributed by atoms with van der Waals surface area (Å²) in [6.45, 7) is 7.80. The second-order valence-corrected chi connectivity index (χ2v) is 8.22. The maximum absolute atomic E-state index is 12.3. The van der Waals surface area contributed by atoms with Crippen LogP contribution in [0, 0.1) is 12.8 Å². The van der Waals surface area contributed by atoms with Gasteiger partial charge in [0.1, 0.15) is 0 Å². The minimum absolute atomic E-state index is 0.0752. The van der Waals surface area contributed by atoms with Crippen molar-refractivity contribution in [1.29, 1.82) is 0 Å². The van der Waals surface area contributed by atoms with Crippen molar-refractivity contribution in [2.75, 3.05) is 0 Å². The number of hydrogen-bond acceptors (Lipinski definition) is 3. The molecule has 110 valence electrons. The number of aliphatic carboxylic acids is 1. The van der Waals surface area contributed by atoms with Crippen LogP contribution in [0.1, 0.15) is 43.0 Å². The van der Waals surface area contributed by atoms with Gasteiger partial charge < -0.3 is 10.0 Å². The van der Waals surface area contributed by atoms with Crippen LogP contribution in [0.25, 0.3) is 0 Å². The van der Waals surface area contributed by atoms with Gasteiger partial charge in [0.15, 0.2) is 0 Å². The SMILES string of the molecule is Cc1sc(C2C(C(=O)O)CC(=O)N2C(C)(C)C)cc1Br. The predicted molar refractivity (Wildman–Crippen MR) is 81.8 cm³/mol. The van der Waals surface area contributed by atoms with Crippen LogP contribution in [0.3, 0.4) is 0 Å². The van der Waals surface area contributed by atoms with Crippen LogP contribution < -0.4 is 0 Å². The number of amides is 1. The molecule has 1 aliphatic heterocycles. The number of halogens is 1. The summed E-state index contributed by atoms with van der Waals surface area (Å²) in [6.07, 6.45) is 0.0752. The molecule has 1 N–H and O–H groups in total. The Morgan fingerprint density at radius 1 is 1.50 bits per heavy atom. The number of thiophene rings is 1. The van der Waals surface area contributed by atoms with Gasteiger partial charge in [-0.1, -0.05) is 0 Å². The highest BCUT2D eigenvalue weighted by Gasteiger charge is 2.49. The molecule has 0 radical (unpaired) electrons. The maximum atomic E-state index is 12.3. The molecule has 1 fully saturated rings. The van der Waals surface area contributed by atoms with Crippen LogP contribution >= 0.6 is 27.3 Å². The topological polar surface area (TPSA) is 57.6 Å². The van der Waals surface area contributed by atoms with E-state index in [1.807, 2.05) is 33.8 Å². The van der Waals surface area contributed by atoms with Gasteiger partial charge in [0.2, 0.25) is 5.91 Å². The van der Waals surface area contributed by atoms with Crippen LogP contribution in [-0.2, 0) is 9.59 Å². The first-order chi connectivity index (χ1) is 9.12. The Morgan fingerprint density at radius 2 is 2.10 bits per heavy atom. The number of likely N-dealkylation sites (tertiary alicyclic amines) is 1. The lowest BCUT2D eigenvalue weighted by molar-refractivity contribution is -0.142. The average molecular weight is 360 g/mol. The summed E-state index contributed by atoms with van der Waals surface area (Å²) in [7, 11) is 0. The maximum Gasteiger partial charge on any atom is 0.309 e. The summed E-state index contributed by atoms with van der Waals surface area (Å²) in [6, 6.07) is 1.56. The van der Waals surface area contributed by atoms with Crippen LogP contribution in [0.5, 0.6) is 0 Å². The largest absolute Gasteiger partial charge is 0.481 e. The monoisotopic (exact) mass is 359 g/mol. The standard InChI is InChI=1S/C14H18BrNO3S/c1-7-9(15)6-10(20-7)12-8(13(18)19)5-11(17)16(12)14(2,3)4/h6,8,12H,5H2,1-4H3,(H,18,19). The van der Waals surface area contributed by atoms with Crippen molar-refractivity contribution in [3.8, 4) is 0 Å². The summed E-state index contributed by atoms with van der Waals surface area (Å²) < 4.78 is 0.967. The van der Waals surface area contributed by atoms with Crippen molar-refractivity contribution < 1.29 is 14.7 Å². The fourth-order valence-corrected chi connectivity index (χ4v) is 4.42. The molecule has 2 atom stereocenters. The molecule has 2 rings (SSSR count). The Balaban J connectivity index is 2.51. The van der Waals surface area contributed by atoms with Gasteiger partial charge in [0, 0.05) is 26.2 Å². The van der Waals surface area contributed by atoms with Gasteiger partial charge in [-0.05, 0) is 49.7 Å². The smallest absolute Gasteiger partial charge is 0.309 e. The molecule has 1 aromatic heterocycles. The molecule has 0 saturated carbocycles. The zero-order valence-electron chi connectivity index (χ0n) is 11.9. The van der Waals surface area contributed by atoms with Gasteiger partial charge in [0.05, 0.1) is 12.0 Å². The van der Waals surface area contributed by atoms with Crippen molar-refractivity contribution in [3.63, 3.8) is 0 Å². The Kier molecular flexibility index (Phi) is 3.99. The van der Waals surface area contributed by atoms with E-state index in [0.29, 0.717) is 0 Å². The number of rotatable bonds is 2. The number of hydrogen-bond donors (Lipinski definition) is 1. The zero-order chi connectivity index (χ0) is 15.2. The number of carboxylic acid groups (broad SMARTS) is 1. The lowest BCUT2D eigenvalue weighted by atomic mass is 9.96. The van der Waals surface area contributed by atoms with Crippen molar-refractivity contribution in [3.05, 3.63) is 20.3 Å². The van der Waals surface area contributed by atoms with E-state index in [1.54, 1.807) is 16.2 Å². The van der Waals surface area contributed by atoms with Gasteiger partial charge in [-0.3, -0.25) is 9.59 Å². The van der Waals surface area contributed by atoms with Crippen LogP contribution in [0.4, 0.5) is 0 Å². The van der Waals surface area contributed by atoms with Gasteiger partial charge in [0.25, 0.3) is 0 Å². The average Bonchev–Trinajstić information content (AvgIpc) is 2.79. The third kappa shape index (κ3) is 2.63. The third-order valence-corrected chi connectivity index (χ3v) is 5.74. The van der Waals surface area contributed by atoms with Gasteiger partial charge >= 0.3 is 5.97 Å². The first kappa shape index (κ1) is 15.5. The number of carbonyl (C=O) groups excluding carboxylic acids is 1. The van der Waals surface area contributed by atoms with E-state index < -0.39 is 17.4 Å². The lowest BCUT2D eigenvalue weighted by Gasteiger charge is -2.37. The summed E-state index contributed by atoms with van der Waals surface area (Å²) >= 11 is 5.02. The summed E-state index contributed by atoms with van der Waals surface area (Å²) in [5.74, 6) is -1.67. The molecule has 6 heteroatoms. The fraction of sp³-hybridized carbons (Fsp3) is 0.571. The number of aryl methyl sites for hydroxylation is 1. The minimum atomic E-state index is -0.905. The lowest BCUT2D eigenvalue weighted by Crippen LogP contribution is -2.44. The Hall–Kier alpha value is -0.880. The minimum Gasteiger partial charge on any atom is -0.481 e. The summed E-state index contributed by atoms with van der Waals surface area (Å²) in [4.78, 5) is 27.5. The van der Waals surface area contributed by atoms with E-state index in [-0.39, 0.29) is 18.4 Å². The van der Waals surface area contributed by atoms with Crippen LogP contribution in [0.2, 0.25) is 0 Å². The number of nitrogens with zero attached hydrogens (tertiary/aromatic N) is 1. The van der Waals surface area contributed by atoms with E-state index in [9.17, 15) is 14.7 Å². The van der Waals surface area contributed by atoms with E-state index in [4.69, 9.17) is 0 Å². The second-order valence-electron chi connectivity index (χ2n) is 6.08. The molecule has 1 saturated heterocycles. The van der Waals surface area contributed by atoms with Crippen molar-refractivity contribution in [2.45, 2.75) is 45.7 Å². The highest BCUT2D eigenvalue weighted by atomic mass is 79.9. The highest BCUT2D eigenvalue weighted by molar-refractivity contribution is 9.10. The fourth-order valence-electron chi connectivity index (χ4n) is 2.70. The van der Waals surface area contributed by atoms with E-state index in [1.165, 1.54) is 0 Å². The van der Waals surface area contributed by atoms with Gasteiger partial charge in [-0.15, -0.1) is 11.3 Å². The predicted octanol–water partition coefficient (Wildman–Crippen LogP) is 3.59. The third-order valence-electron chi connectivity index (χ3n) is 3.53. The second kappa shape index (κ2) is 5.15. The van der Waals surface area contributed by atoms with E-state index in [0.717, 1.165) is 14.2 Å². The summed E-state index contributed by atoms with van der Waals surface area (Å²) in [5.41, 5.74) is -0.393. The Bertz CT molecular complexity index is 542. The highest BCUT2D eigenvalue weighted by Crippen LogP contribution is 2.46. The Labute approximate surface area is 130 Å². The molecule has 0 bridgehead atoms. The molecule has 2 unspecified atom stereocenters. The van der Waals surface area contributed by atoms with E-state index >= 15 is 0 Å². The van der Waals surface area contributed by atoms with E-state index in [2.05, 4.69) is 15.9 Å². The summed E-state index contributed by atoms with van der Waals surface area (Å²) in [5, 5.41) is 9.44. The van der Waals surface area contributed by atoms with Crippen LogP contribution in [-0.4, -0.2) is 27.4 Å². The molecule has 1 amide bonds. The quantitative estimate of drug-likeness (QED) is 0.877. The molecule has 4 nitrogen and oxygen atoms in total. The van der Waals surface area contributed by atoms with Gasteiger partial charge in [-0.2, -0.15) is 0 Å². The molecule has 1 aromatic rings. The number of carbonyl (C=O) groups is 2. The van der Waals surface area contributed by atoms with Crippen LogP contribution in [0.15, 0.2) is 10.5 Å². The van der Waals surface area contributed by atoms with Crippen molar-refractivity contribution in [2.24, 2.45) is 5.92 Å². The molecule has 20 heavy (non-hydrogen) atoms. The van der Waals surface area contributed by atoms with Crippen molar-refractivity contribution in [1.82, 2.24) is 4.90 Å². The molecule has 0 aliphatic carbocycles. The van der Waals surface area contributed by atoms with Gasteiger partial charge in [-0.25, -0.2) is 0 Å². The zero-order valence-corrected chi connectivity index (χ0v) is 14.3. The molecule has 1 aliphatic rings. The Morgan fingerprint density at radius 3 is 2.50 bits per heavy atom. The first-order valence-electron chi connectivity index (χ1n) is 6.43. The normalized spacial score (nSPS) is 23.4. The molecule has 2 heterocycles. The number of carboxylic acids is 1.